The molecule has 0 aliphatic carbocycles. The number of nitrogens with zero attached hydrogens (tertiary/aromatic N) is 2. The van der Waals surface area contributed by atoms with Gasteiger partial charge in [-0.2, -0.15) is 5.10 Å². The number of rotatable bonds is 5. The molecule has 1 atom stereocenters. The van der Waals surface area contributed by atoms with Crippen molar-refractivity contribution in [3.8, 4) is 0 Å². The highest BCUT2D eigenvalue weighted by atomic mass is 19.1. The molecule has 0 bridgehead atoms. The Morgan fingerprint density at radius 3 is 2.50 bits per heavy atom. The molecular formula is C16H21FN4O. The van der Waals surface area contributed by atoms with Crippen LogP contribution >= 0.6 is 0 Å². The average Bonchev–Trinajstić information content (AvgIpc) is 2.85. The van der Waals surface area contributed by atoms with Gasteiger partial charge in [0.25, 0.3) is 0 Å². The van der Waals surface area contributed by atoms with Crippen LogP contribution < -0.4 is 10.6 Å². The van der Waals surface area contributed by atoms with E-state index in [-0.39, 0.29) is 23.8 Å². The highest BCUT2D eigenvalue weighted by Gasteiger charge is 2.17. The molecule has 0 spiro atoms. The number of carbonyl (C=O) groups excluding carboxylic acids is 1. The summed E-state index contributed by atoms with van der Waals surface area (Å²) in [5.74, 6) is 0.621. The van der Waals surface area contributed by atoms with Crippen molar-refractivity contribution in [3.05, 3.63) is 47.9 Å². The third-order valence-corrected chi connectivity index (χ3v) is 3.55. The van der Waals surface area contributed by atoms with Gasteiger partial charge < -0.3 is 5.32 Å². The maximum Gasteiger partial charge on any atom is 0.320 e. The number of halogens is 1. The molecule has 5 nitrogen and oxygen atoms in total. The zero-order valence-electron chi connectivity index (χ0n) is 13.0. The standard InChI is InChI=1S/C16H21FN4O/c1-11(2)14(10-12-4-6-13(17)7-5-12)19-16(22)20-15-8-9-18-21(15)3/h4-9,11,14H,10H2,1-3H3,(H2,19,20,22). The van der Waals surface area contributed by atoms with Crippen LogP contribution in [0.1, 0.15) is 19.4 Å². The molecule has 2 aromatic rings. The summed E-state index contributed by atoms with van der Waals surface area (Å²) in [4.78, 5) is 12.1. The fourth-order valence-corrected chi connectivity index (χ4v) is 2.15. The molecule has 0 aliphatic heterocycles. The number of aryl methyl sites for hydroxylation is 1. The molecular weight excluding hydrogens is 283 g/mol. The molecule has 2 amide bonds. The summed E-state index contributed by atoms with van der Waals surface area (Å²) in [6, 6.07) is 7.76. The summed E-state index contributed by atoms with van der Waals surface area (Å²) in [7, 11) is 1.76. The highest BCUT2D eigenvalue weighted by Crippen LogP contribution is 2.12. The summed E-state index contributed by atoms with van der Waals surface area (Å²) < 4.78 is 14.5. The van der Waals surface area contributed by atoms with Crippen LogP contribution in [0.25, 0.3) is 0 Å². The quantitative estimate of drug-likeness (QED) is 0.892. The average molecular weight is 304 g/mol. The van der Waals surface area contributed by atoms with E-state index in [4.69, 9.17) is 0 Å². The van der Waals surface area contributed by atoms with Gasteiger partial charge in [-0.3, -0.25) is 10.00 Å². The van der Waals surface area contributed by atoms with E-state index in [0.717, 1.165) is 5.56 Å². The number of carbonyl (C=O) groups is 1. The van der Waals surface area contributed by atoms with Crippen molar-refractivity contribution in [3.63, 3.8) is 0 Å². The Morgan fingerprint density at radius 2 is 1.95 bits per heavy atom. The lowest BCUT2D eigenvalue weighted by Gasteiger charge is -2.22. The first-order valence-electron chi connectivity index (χ1n) is 7.25. The molecule has 1 aromatic carbocycles. The molecule has 1 unspecified atom stereocenters. The van der Waals surface area contributed by atoms with Gasteiger partial charge in [-0.05, 0) is 30.0 Å². The van der Waals surface area contributed by atoms with Gasteiger partial charge in [0.1, 0.15) is 11.6 Å². The number of benzene rings is 1. The summed E-state index contributed by atoms with van der Waals surface area (Å²) in [5.41, 5.74) is 0.987. The fraction of sp³-hybridized carbons (Fsp3) is 0.375. The minimum atomic E-state index is -0.274. The fourth-order valence-electron chi connectivity index (χ4n) is 2.15. The Labute approximate surface area is 129 Å². The predicted octanol–water partition coefficient (Wildman–Crippen LogP) is 2.95. The van der Waals surface area contributed by atoms with Crippen LogP contribution in [-0.2, 0) is 13.5 Å². The summed E-state index contributed by atoms with van der Waals surface area (Å²) in [6.07, 6.45) is 2.27. The van der Waals surface area contributed by atoms with E-state index in [9.17, 15) is 9.18 Å². The first kappa shape index (κ1) is 16.0. The van der Waals surface area contributed by atoms with Gasteiger partial charge in [0, 0.05) is 19.2 Å². The van der Waals surface area contributed by atoms with Crippen LogP contribution in [0.2, 0.25) is 0 Å². The Bertz CT molecular complexity index is 621. The number of urea groups is 1. The van der Waals surface area contributed by atoms with Crippen LogP contribution in [0.4, 0.5) is 15.0 Å². The van der Waals surface area contributed by atoms with Gasteiger partial charge in [-0.25, -0.2) is 9.18 Å². The lowest BCUT2D eigenvalue weighted by molar-refractivity contribution is 0.244. The van der Waals surface area contributed by atoms with Gasteiger partial charge in [0.15, 0.2) is 0 Å². The minimum Gasteiger partial charge on any atom is -0.335 e. The van der Waals surface area contributed by atoms with Crippen LogP contribution in [-0.4, -0.2) is 21.9 Å². The number of aromatic nitrogens is 2. The molecule has 1 heterocycles. The van der Waals surface area contributed by atoms with E-state index in [1.807, 2.05) is 13.8 Å². The topological polar surface area (TPSA) is 59.0 Å². The molecule has 118 valence electrons. The Hall–Kier alpha value is -2.37. The minimum absolute atomic E-state index is 0.0429. The maximum atomic E-state index is 13.0. The van der Waals surface area contributed by atoms with Crippen molar-refractivity contribution in [2.45, 2.75) is 26.3 Å². The van der Waals surface area contributed by atoms with Crippen LogP contribution in [0, 0.1) is 11.7 Å². The molecule has 0 radical (unpaired) electrons. The monoisotopic (exact) mass is 304 g/mol. The van der Waals surface area contributed by atoms with E-state index in [1.54, 1.807) is 36.1 Å². The SMILES string of the molecule is CC(C)C(Cc1ccc(F)cc1)NC(=O)Nc1ccnn1C. The lowest BCUT2D eigenvalue weighted by atomic mass is 9.96. The van der Waals surface area contributed by atoms with Crippen LogP contribution in [0.3, 0.4) is 0 Å². The van der Waals surface area contributed by atoms with Crippen molar-refractivity contribution < 1.29 is 9.18 Å². The molecule has 6 heteroatoms. The van der Waals surface area contributed by atoms with E-state index in [1.165, 1.54) is 12.1 Å². The second kappa shape index (κ2) is 7.06. The van der Waals surface area contributed by atoms with Crippen LogP contribution in [0.15, 0.2) is 36.5 Å². The van der Waals surface area contributed by atoms with Gasteiger partial charge in [0.2, 0.25) is 0 Å². The van der Waals surface area contributed by atoms with Crippen LogP contribution in [0.5, 0.6) is 0 Å². The molecule has 2 rings (SSSR count). The first-order chi connectivity index (χ1) is 10.5. The van der Waals surface area contributed by atoms with Crippen molar-refractivity contribution in [1.82, 2.24) is 15.1 Å². The largest absolute Gasteiger partial charge is 0.335 e. The Morgan fingerprint density at radius 1 is 1.27 bits per heavy atom. The third-order valence-electron chi connectivity index (χ3n) is 3.55. The van der Waals surface area contributed by atoms with Crippen molar-refractivity contribution in [2.75, 3.05) is 5.32 Å². The van der Waals surface area contributed by atoms with E-state index in [0.29, 0.717) is 12.2 Å². The van der Waals surface area contributed by atoms with Crippen molar-refractivity contribution in [2.24, 2.45) is 13.0 Å². The predicted molar refractivity (Wildman–Crippen MR) is 84.1 cm³/mol. The smallest absolute Gasteiger partial charge is 0.320 e. The lowest BCUT2D eigenvalue weighted by Crippen LogP contribution is -2.42. The second-order valence-corrected chi connectivity index (χ2v) is 5.62. The molecule has 2 N–H and O–H groups in total. The Kier molecular flexibility index (Phi) is 5.14. The third kappa shape index (κ3) is 4.31. The molecule has 22 heavy (non-hydrogen) atoms. The number of anilines is 1. The van der Waals surface area contributed by atoms with Gasteiger partial charge in [0.05, 0.1) is 6.20 Å². The molecule has 0 aliphatic rings. The van der Waals surface area contributed by atoms with E-state index < -0.39 is 0 Å². The first-order valence-corrected chi connectivity index (χ1v) is 7.25. The van der Waals surface area contributed by atoms with Gasteiger partial charge in [-0.1, -0.05) is 26.0 Å². The summed E-state index contributed by atoms with van der Waals surface area (Å²) >= 11 is 0. The number of nitrogens with one attached hydrogen (secondary N) is 2. The molecule has 0 fully saturated rings. The number of amides is 2. The van der Waals surface area contributed by atoms with Crippen molar-refractivity contribution in [1.29, 1.82) is 0 Å². The van der Waals surface area contributed by atoms with E-state index >= 15 is 0 Å². The Balaban J connectivity index is 1.98. The molecule has 1 aromatic heterocycles. The van der Waals surface area contributed by atoms with E-state index in [2.05, 4.69) is 15.7 Å². The summed E-state index contributed by atoms with van der Waals surface area (Å²) in [6.45, 7) is 4.08. The molecule has 0 saturated carbocycles. The maximum absolute atomic E-state index is 13.0. The van der Waals surface area contributed by atoms with Crippen molar-refractivity contribution >= 4 is 11.8 Å². The van der Waals surface area contributed by atoms with Gasteiger partial charge in [-0.15, -0.1) is 0 Å². The summed E-state index contributed by atoms with van der Waals surface area (Å²) in [5, 5.41) is 9.72. The number of hydrogen-bond donors (Lipinski definition) is 2. The molecule has 0 saturated heterocycles. The van der Waals surface area contributed by atoms with Gasteiger partial charge >= 0.3 is 6.03 Å². The zero-order valence-corrected chi connectivity index (χ0v) is 13.0. The number of hydrogen-bond acceptors (Lipinski definition) is 2. The highest BCUT2D eigenvalue weighted by molar-refractivity contribution is 5.88. The second-order valence-electron chi connectivity index (χ2n) is 5.62. The normalized spacial score (nSPS) is 12.2. The zero-order chi connectivity index (χ0) is 16.1.